The Hall–Kier alpha value is -5.29. The van der Waals surface area contributed by atoms with E-state index in [1.54, 1.807) is 12.1 Å². The highest BCUT2D eigenvalue weighted by atomic mass is 35.5. The topological polar surface area (TPSA) is 213 Å². The second-order valence-corrected chi connectivity index (χ2v) is 16.6. The Balaban J connectivity index is 1.34. The number of ether oxygens (including phenoxy) is 1. The summed E-state index contributed by atoms with van der Waals surface area (Å²) in [5.41, 5.74) is 7.71. The molecule has 18 heteroatoms. The van der Waals surface area contributed by atoms with E-state index in [1.807, 2.05) is 26.0 Å². The van der Waals surface area contributed by atoms with Gasteiger partial charge in [-0.2, -0.15) is 0 Å². The molecule has 4 saturated heterocycles. The molecule has 6 rings (SSSR count). The van der Waals surface area contributed by atoms with Gasteiger partial charge in [0.25, 0.3) is 0 Å². The highest BCUT2D eigenvalue weighted by molar-refractivity contribution is 6.30. The average molecular weight is 839 g/mol. The number of aryl methyl sites for hydroxylation is 1. The molecular weight excluding hydrogens is 787 g/mol. The number of nitrogens with zero attached hydrogens (tertiary/aromatic N) is 3. The van der Waals surface area contributed by atoms with Gasteiger partial charge in [-0.1, -0.05) is 48.4 Å². The smallest absolute Gasteiger partial charge is 0.328 e. The predicted molar refractivity (Wildman–Crippen MR) is 214 cm³/mol. The number of piperidine rings is 2. The number of nitrogens with two attached hydrogens (primary N) is 1. The fourth-order valence-corrected chi connectivity index (χ4v) is 8.55. The first-order valence-electron chi connectivity index (χ1n) is 20.1. The number of esters is 1. The van der Waals surface area contributed by atoms with Gasteiger partial charge in [0, 0.05) is 37.1 Å². The number of benzene rings is 2. The first-order chi connectivity index (χ1) is 28.1. The molecule has 7 amide bonds. The molecule has 0 aromatic heterocycles. The Labute approximate surface area is 347 Å². The van der Waals surface area contributed by atoms with Crippen LogP contribution >= 0.6 is 11.6 Å². The summed E-state index contributed by atoms with van der Waals surface area (Å²) in [5, 5.41) is 10.5. The molecule has 8 atom stereocenters. The number of carbonyl (C=O) groups is 7. The van der Waals surface area contributed by atoms with Crippen LogP contribution in [0.25, 0.3) is 0 Å². The van der Waals surface area contributed by atoms with Crippen molar-refractivity contribution >= 4 is 58.8 Å². The number of anilines is 1. The van der Waals surface area contributed by atoms with Gasteiger partial charge in [-0.15, -0.1) is 0 Å². The summed E-state index contributed by atoms with van der Waals surface area (Å²) in [6.07, 6.45) is 2.40. The van der Waals surface area contributed by atoms with Gasteiger partial charge in [0.05, 0.1) is 5.69 Å². The molecule has 4 aliphatic rings. The van der Waals surface area contributed by atoms with E-state index in [0.29, 0.717) is 31.2 Å². The zero-order valence-electron chi connectivity index (χ0n) is 33.4. The van der Waals surface area contributed by atoms with Gasteiger partial charge in [-0.25, -0.2) is 14.0 Å². The minimum Gasteiger partial charge on any atom is -0.461 e. The number of amides is 7. The Morgan fingerprint density at radius 1 is 0.932 bits per heavy atom. The third-order valence-corrected chi connectivity index (χ3v) is 11.6. The molecule has 6 N–H and O–H groups in total. The number of halogens is 2. The molecule has 0 spiro atoms. The number of urea groups is 1. The van der Waals surface area contributed by atoms with Crippen LogP contribution in [0.3, 0.4) is 0 Å². The van der Waals surface area contributed by atoms with Crippen LogP contribution in [0.5, 0.6) is 0 Å². The predicted octanol–water partition coefficient (Wildman–Crippen LogP) is 2.00. The van der Waals surface area contributed by atoms with E-state index in [-0.39, 0.29) is 55.5 Å². The molecule has 2 aromatic carbocycles. The maximum Gasteiger partial charge on any atom is 0.328 e. The lowest BCUT2D eigenvalue weighted by molar-refractivity contribution is -0.160. The fraction of sp³-hybridized carbons (Fsp3) is 0.537. The molecule has 2 aromatic rings. The summed E-state index contributed by atoms with van der Waals surface area (Å²) in [6, 6.07) is 2.45. The number of fused-ring (bicyclic) bond motifs is 3. The van der Waals surface area contributed by atoms with E-state index in [9.17, 15) is 38.0 Å². The molecule has 0 bridgehead atoms. The molecule has 0 saturated carbocycles. The summed E-state index contributed by atoms with van der Waals surface area (Å²) >= 11 is 5.88. The van der Waals surface area contributed by atoms with Crippen LogP contribution < -0.4 is 27.0 Å². The SMILES string of the molecule is Cc1cccc(C[C@H](NC(=O)Nc2ccc(Cl)cc2F)C(=O)N[C@H]2COC(=O)[C@@H]3C[C@@H](C)CN3C(=O)[C@H](C)NC(=O)[C@@H]3CCCCN3C(=O)[C@@H]3CC[C@H](N)CN3C2=O)c1. The number of rotatable bonds is 6. The van der Waals surface area contributed by atoms with Crippen LogP contribution in [0.2, 0.25) is 5.02 Å². The van der Waals surface area contributed by atoms with Crippen LogP contribution in [0.15, 0.2) is 42.5 Å². The summed E-state index contributed by atoms with van der Waals surface area (Å²) in [6.45, 7) is 4.98. The van der Waals surface area contributed by atoms with Crippen LogP contribution in [-0.2, 0) is 39.9 Å². The monoisotopic (exact) mass is 838 g/mol. The van der Waals surface area contributed by atoms with Gasteiger partial charge >= 0.3 is 12.0 Å². The molecule has 4 heterocycles. The van der Waals surface area contributed by atoms with Gasteiger partial charge in [0.15, 0.2) is 0 Å². The molecule has 4 fully saturated rings. The van der Waals surface area contributed by atoms with Crippen molar-refractivity contribution in [2.75, 3.05) is 31.6 Å². The van der Waals surface area contributed by atoms with Crippen molar-refractivity contribution in [1.82, 2.24) is 30.7 Å². The summed E-state index contributed by atoms with van der Waals surface area (Å²) in [4.78, 5) is 102. The summed E-state index contributed by atoms with van der Waals surface area (Å²) in [7, 11) is 0. The Kier molecular flexibility index (Phi) is 13.8. The molecule has 4 aliphatic heterocycles. The number of hydrogen-bond acceptors (Lipinski definition) is 9. The second kappa shape index (κ2) is 18.7. The van der Waals surface area contributed by atoms with Crippen molar-refractivity contribution < 1.29 is 42.7 Å². The third kappa shape index (κ3) is 10.3. The fourth-order valence-electron chi connectivity index (χ4n) is 8.39. The maximum absolute atomic E-state index is 14.8. The maximum atomic E-state index is 14.8. The lowest BCUT2D eigenvalue weighted by atomic mass is 9.93. The summed E-state index contributed by atoms with van der Waals surface area (Å²) in [5.74, 6) is -4.83. The zero-order valence-corrected chi connectivity index (χ0v) is 34.1. The number of hydrogen-bond donors (Lipinski definition) is 5. The standard InChI is InChI=1S/C41H52ClFN8O8/c1-22-7-6-8-25(15-22)17-30(48-41(58)47-29-12-10-26(42)18-28(29)43)35(52)46-31-21-59-40(57)34-16-23(2)19-50(34)37(54)24(3)45-36(53)32-9-4-5-14-49(32)39(56)33-13-11-27(44)20-51(33)38(31)55/h6-8,10,12,15,18,23-24,27,30-34H,4-5,9,11,13-14,16-17,19-21,44H2,1-3H3,(H,45,53)(H,46,52)(H2,47,48,58)/t23-,24+,27+,30+,31+,32+,33+,34+/m1/s1. The van der Waals surface area contributed by atoms with Crippen LogP contribution in [0, 0.1) is 18.7 Å². The average Bonchev–Trinajstić information content (AvgIpc) is 3.60. The first kappa shape index (κ1) is 43.3. The lowest BCUT2D eigenvalue weighted by Gasteiger charge is -2.44. The van der Waals surface area contributed by atoms with Gasteiger partial charge in [0.1, 0.15) is 48.7 Å². The molecule has 59 heavy (non-hydrogen) atoms. The number of cyclic esters (lactones) is 1. The molecule has 318 valence electrons. The van der Waals surface area contributed by atoms with Crippen LogP contribution in [0.1, 0.15) is 63.5 Å². The van der Waals surface area contributed by atoms with E-state index >= 15 is 0 Å². The minimum atomic E-state index is -1.58. The number of nitrogens with one attached hydrogen (secondary N) is 4. The van der Waals surface area contributed by atoms with Crippen molar-refractivity contribution in [3.05, 3.63) is 64.4 Å². The first-order valence-corrected chi connectivity index (χ1v) is 20.5. The Bertz CT molecular complexity index is 1970. The molecule has 16 nitrogen and oxygen atoms in total. The number of carbonyl (C=O) groups excluding carboxylic acids is 7. The van der Waals surface area contributed by atoms with Crippen LogP contribution in [-0.4, -0.2) is 125 Å². The Morgan fingerprint density at radius 3 is 2.44 bits per heavy atom. The second-order valence-electron chi connectivity index (χ2n) is 16.1. The Morgan fingerprint density at radius 2 is 1.69 bits per heavy atom. The van der Waals surface area contributed by atoms with Crippen molar-refractivity contribution in [2.24, 2.45) is 11.7 Å². The van der Waals surface area contributed by atoms with Crippen LogP contribution in [0.4, 0.5) is 14.9 Å². The van der Waals surface area contributed by atoms with Gasteiger partial charge in [-0.05, 0) is 82.1 Å². The summed E-state index contributed by atoms with van der Waals surface area (Å²) < 4.78 is 20.4. The quantitative estimate of drug-likeness (QED) is 0.269. The lowest BCUT2D eigenvalue weighted by Crippen LogP contribution is -2.65. The van der Waals surface area contributed by atoms with Gasteiger partial charge in [0.2, 0.25) is 29.5 Å². The molecule has 0 aliphatic carbocycles. The van der Waals surface area contributed by atoms with E-state index in [1.165, 1.54) is 33.8 Å². The van der Waals surface area contributed by atoms with E-state index in [4.69, 9.17) is 22.1 Å². The molecule has 0 unspecified atom stereocenters. The van der Waals surface area contributed by atoms with Gasteiger partial charge < -0.3 is 46.4 Å². The van der Waals surface area contributed by atoms with Crippen molar-refractivity contribution in [3.63, 3.8) is 0 Å². The normalized spacial score (nSPS) is 27.5. The zero-order chi connectivity index (χ0) is 42.5. The highest BCUT2D eigenvalue weighted by Crippen LogP contribution is 2.28. The van der Waals surface area contributed by atoms with E-state index in [2.05, 4.69) is 21.3 Å². The van der Waals surface area contributed by atoms with E-state index < -0.39 is 96.3 Å². The van der Waals surface area contributed by atoms with Gasteiger partial charge in [-0.3, -0.25) is 24.0 Å². The largest absolute Gasteiger partial charge is 0.461 e. The molecule has 0 radical (unpaired) electrons. The van der Waals surface area contributed by atoms with E-state index in [0.717, 1.165) is 11.6 Å². The van der Waals surface area contributed by atoms with Crippen molar-refractivity contribution in [2.45, 2.75) is 108 Å². The highest BCUT2D eigenvalue weighted by Gasteiger charge is 2.46. The minimum absolute atomic E-state index is 0.0614. The third-order valence-electron chi connectivity index (χ3n) is 11.4. The van der Waals surface area contributed by atoms with Crippen molar-refractivity contribution in [1.29, 1.82) is 0 Å². The van der Waals surface area contributed by atoms with Crippen molar-refractivity contribution in [3.8, 4) is 0 Å². The molecular formula is C41H52ClFN8O8.